The van der Waals surface area contributed by atoms with Gasteiger partial charge in [0.05, 0.1) is 12.5 Å². The SMILES string of the molecule is Cc1ccc(C(COS(=O)Oc2c(C)cc(C)cc2C)C(=O)c2ccccc2)cc1. The van der Waals surface area contributed by atoms with E-state index < -0.39 is 17.3 Å². The number of carbonyl (C=O) groups excluding carboxylic acids is 1. The monoisotopic (exact) mass is 422 g/mol. The quantitative estimate of drug-likeness (QED) is 0.446. The lowest BCUT2D eigenvalue weighted by atomic mass is 9.91. The van der Waals surface area contributed by atoms with Crippen LogP contribution in [-0.4, -0.2) is 16.6 Å². The number of ketones is 1. The predicted molar refractivity (Wildman–Crippen MR) is 120 cm³/mol. The Morgan fingerprint density at radius 1 is 0.867 bits per heavy atom. The molecule has 0 N–H and O–H groups in total. The van der Waals surface area contributed by atoms with E-state index >= 15 is 0 Å². The molecule has 3 aromatic carbocycles. The van der Waals surface area contributed by atoms with Gasteiger partial charge in [-0.1, -0.05) is 77.9 Å². The Morgan fingerprint density at radius 3 is 2.07 bits per heavy atom. The zero-order chi connectivity index (χ0) is 21.7. The third-order valence-corrected chi connectivity index (χ3v) is 5.57. The van der Waals surface area contributed by atoms with E-state index in [1.165, 1.54) is 0 Å². The van der Waals surface area contributed by atoms with Crippen LogP contribution < -0.4 is 4.18 Å². The van der Waals surface area contributed by atoms with E-state index in [4.69, 9.17) is 8.37 Å². The van der Waals surface area contributed by atoms with Gasteiger partial charge < -0.3 is 4.18 Å². The highest BCUT2D eigenvalue weighted by atomic mass is 32.2. The summed E-state index contributed by atoms with van der Waals surface area (Å²) < 4.78 is 23.6. The number of hydrogen-bond donors (Lipinski definition) is 0. The molecule has 0 spiro atoms. The van der Waals surface area contributed by atoms with Crippen LogP contribution in [0, 0.1) is 27.7 Å². The average Bonchev–Trinajstić information content (AvgIpc) is 2.72. The van der Waals surface area contributed by atoms with Gasteiger partial charge in [0.15, 0.2) is 5.78 Å². The highest BCUT2D eigenvalue weighted by Gasteiger charge is 2.24. The minimum Gasteiger partial charge on any atom is -0.379 e. The maximum absolute atomic E-state index is 13.1. The topological polar surface area (TPSA) is 52.6 Å². The molecule has 2 unspecified atom stereocenters. The molecule has 0 heterocycles. The molecule has 0 saturated heterocycles. The molecule has 156 valence electrons. The van der Waals surface area contributed by atoms with Gasteiger partial charge in [0.25, 0.3) is 0 Å². The Labute approximate surface area is 180 Å². The first kappa shape index (κ1) is 21.9. The lowest BCUT2D eigenvalue weighted by molar-refractivity contribution is 0.0932. The van der Waals surface area contributed by atoms with Crippen molar-refractivity contribution in [1.82, 2.24) is 0 Å². The standard InChI is InChI=1S/C25H26O4S/c1-17-10-12-21(13-11-17)23(24(26)22-8-6-5-7-9-22)16-28-30(27)29-25-19(3)14-18(2)15-20(25)4/h5-15,23H,16H2,1-4H3. The van der Waals surface area contributed by atoms with Crippen LogP contribution in [0.3, 0.4) is 0 Å². The van der Waals surface area contributed by atoms with Gasteiger partial charge >= 0.3 is 11.4 Å². The number of Topliss-reactive ketones (excluding diaryl/α,β-unsaturated/α-hetero) is 1. The van der Waals surface area contributed by atoms with Crippen LogP contribution in [-0.2, 0) is 15.5 Å². The Kier molecular flexibility index (Phi) is 7.19. The molecule has 0 aromatic heterocycles. The molecule has 0 amide bonds. The Hall–Kier alpha value is -2.76. The third-order valence-electron chi connectivity index (χ3n) is 4.94. The summed E-state index contributed by atoms with van der Waals surface area (Å²) in [6.07, 6.45) is 0. The fourth-order valence-electron chi connectivity index (χ4n) is 3.44. The van der Waals surface area contributed by atoms with Crippen LogP contribution in [0.2, 0.25) is 0 Å². The molecule has 5 heteroatoms. The molecule has 0 aliphatic rings. The van der Waals surface area contributed by atoms with Crippen LogP contribution in [0.15, 0.2) is 66.7 Å². The second kappa shape index (κ2) is 9.83. The van der Waals surface area contributed by atoms with Crippen molar-refractivity contribution in [3.63, 3.8) is 0 Å². The summed E-state index contributed by atoms with van der Waals surface area (Å²) in [7, 11) is 0. The summed E-state index contributed by atoms with van der Waals surface area (Å²) in [5, 5.41) is 0. The zero-order valence-corrected chi connectivity index (χ0v) is 18.5. The summed E-state index contributed by atoms with van der Waals surface area (Å²) in [6.45, 7) is 7.75. The molecule has 3 rings (SSSR count). The van der Waals surface area contributed by atoms with Crippen molar-refractivity contribution in [3.8, 4) is 5.75 Å². The molecule has 4 nitrogen and oxygen atoms in total. The van der Waals surface area contributed by atoms with Gasteiger partial charge in [0.1, 0.15) is 5.75 Å². The molecule has 0 aliphatic carbocycles. The van der Waals surface area contributed by atoms with E-state index in [9.17, 15) is 9.00 Å². The van der Waals surface area contributed by atoms with Crippen molar-refractivity contribution in [3.05, 3.63) is 100 Å². The number of rotatable bonds is 8. The molecular weight excluding hydrogens is 396 g/mol. The predicted octanol–water partition coefficient (Wildman–Crippen LogP) is 5.56. The van der Waals surface area contributed by atoms with E-state index in [1.807, 2.05) is 82.3 Å². The minimum atomic E-state index is -2.02. The highest BCUT2D eigenvalue weighted by molar-refractivity contribution is 7.75. The zero-order valence-electron chi connectivity index (χ0n) is 17.7. The Balaban J connectivity index is 1.77. The van der Waals surface area contributed by atoms with Gasteiger partial charge in [-0.05, 0) is 44.4 Å². The lowest BCUT2D eigenvalue weighted by Crippen LogP contribution is -2.21. The molecule has 0 fully saturated rings. The first-order chi connectivity index (χ1) is 14.3. The number of carbonyl (C=O) groups is 1. The fraction of sp³-hybridized carbons (Fsp3) is 0.240. The average molecular weight is 423 g/mol. The van der Waals surface area contributed by atoms with Crippen molar-refractivity contribution in [2.75, 3.05) is 6.61 Å². The minimum absolute atomic E-state index is 0.0483. The molecule has 2 atom stereocenters. The van der Waals surface area contributed by atoms with Gasteiger partial charge in [-0.25, -0.2) is 0 Å². The van der Waals surface area contributed by atoms with E-state index in [0.29, 0.717) is 11.3 Å². The van der Waals surface area contributed by atoms with Gasteiger partial charge in [0.2, 0.25) is 0 Å². The smallest absolute Gasteiger partial charge is 0.360 e. The highest BCUT2D eigenvalue weighted by Crippen LogP contribution is 2.27. The van der Waals surface area contributed by atoms with Crippen molar-refractivity contribution in [1.29, 1.82) is 0 Å². The van der Waals surface area contributed by atoms with Gasteiger partial charge in [0, 0.05) is 5.56 Å². The summed E-state index contributed by atoms with van der Waals surface area (Å²) in [6, 6.07) is 20.7. The van der Waals surface area contributed by atoms with Crippen molar-refractivity contribution >= 4 is 17.1 Å². The Bertz CT molecular complexity index is 1020. The molecule has 0 radical (unpaired) electrons. The molecule has 3 aromatic rings. The lowest BCUT2D eigenvalue weighted by Gasteiger charge is -2.17. The summed E-state index contributed by atoms with van der Waals surface area (Å²) in [4.78, 5) is 13.1. The first-order valence-electron chi connectivity index (χ1n) is 9.82. The second-order valence-electron chi connectivity index (χ2n) is 7.49. The summed E-state index contributed by atoms with van der Waals surface area (Å²) in [5.41, 5.74) is 5.39. The van der Waals surface area contributed by atoms with Crippen LogP contribution in [0.4, 0.5) is 0 Å². The maximum atomic E-state index is 13.1. The second-order valence-corrected chi connectivity index (χ2v) is 8.30. The fourth-order valence-corrected chi connectivity index (χ4v) is 4.13. The van der Waals surface area contributed by atoms with Crippen molar-refractivity contribution in [2.24, 2.45) is 0 Å². The maximum Gasteiger partial charge on any atom is 0.360 e. The normalized spacial score (nSPS) is 12.9. The van der Waals surface area contributed by atoms with Crippen molar-refractivity contribution < 1.29 is 17.4 Å². The molecule has 30 heavy (non-hydrogen) atoms. The van der Waals surface area contributed by atoms with Crippen LogP contribution in [0.1, 0.15) is 44.1 Å². The first-order valence-corrected chi connectivity index (χ1v) is 10.8. The largest absolute Gasteiger partial charge is 0.379 e. The van der Waals surface area contributed by atoms with Crippen LogP contribution >= 0.6 is 0 Å². The number of hydrogen-bond acceptors (Lipinski definition) is 4. The van der Waals surface area contributed by atoms with E-state index in [2.05, 4.69) is 0 Å². The molecule has 0 saturated carbocycles. The van der Waals surface area contributed by atoms with E-state index in [-0.39, 0.29) is 12.4 Å². The van der Waals surface area contributed by atoms with Gasteiger partial charge in [-0.3, -0.25) is 8.98 Å². The van der Waals surface area contributed by atoms with Crippen LogP contribution in [0.25, 0.3) is 0 Å². The van der Waals surface area contributed by atoms with Gasteiger partial charge in [-0.2, -0.15) is 4.21 Å². The summed E-state index contributed by atoms with van der Waals surface area (Å²) >= 11 is -2.02. The molecular formula is C25H26O4S. The summed E-state index contributed by atoms with van der Waals surface area (Å²) in [5.74, 6) is -0.125. The number of aryl methyl sites for hydroxylation is 4. The Morgan fingerprint density at radius 2 is 1.47 bits per heavy atom. The van der Waals surface area contributed by atoms with Crippen LogP contribution in [0.5, 0.6) is 5.75 Å². The number of benzene rings is 3. The van der Waals surface area contributed by atoms with Crippen molar-refractivity contribution in [2.45, 2.75) is 33.6 Å². The van der Waals surface area contributed by atoms with E-state index in [1.54, 1.807) is 12.1 Å². The van der Waals surface area contributed by atoms with Gasteiger partial charge in [-0.15, -0.1) is 0 Å². The molecule has 0 bridgehead atoms. The third kappa shape index (κ3) is 5.43. The van der Waals surface area contributed by atoms with E-state index in [0.717, 1.165) is 27.8 Å². The molecule has 0 aliphatic heterocycles.